The van der Waals surface area contributed by atoms with Crippen LogP contribution in [-0.2, 0) is 0 Å². The van der Waals surface area contributed by atoms with Gasteiger partial charge in [0, 0.05) is 26.9 Å². The number of para-hydroxylation sites is 1. The summed E-state index contributed by atoms with van der Waals surface area (Å²) in [6, 6.07) is 44.5. The first-order valence-corrected chi connectivity index (χ1v) is 23.3. The quantitative estimate of drug-likeness (QED) is 0.176. The maximum atomic E-state index is 5.53. The molecule has 0 aliphatic carbocycles. The van der Waals surface area contributed by atoms with Gasteiger partial charge in [-0.05, 0) is 152 Å². The van der Waals surface area contributed by atoms with E-state index in [9.17, 15) is 0 Å². The Morgan fingerprint density at radius 1 is 0.429 bits per heavy atom. The van der Waals surface area contributed by atoms with Gasteiger partial charge in [-0.3, -0.25) is 3.59 Å². The highest BCUT2D eigenvalue weighted by Gasteiger charge is 2.30. The first-order valence-electron chi connectivity index (χ1n) is 17.1. The number of hydrogen-bond donors (Lipinski definition) is 0. The minimum absolute atomic E-state index is 0.713. The Kier molecular flexibility index (Phi) is 11.0. The number of aromatic nitrogens is 4. The molecule has 4 nitrogen and oxygen atoms in total. The molecule has 0 spiro atoms. The zero-order valence-corrected chi connectivity index (χ0v) is 41.2. The Morgan fingerprint density at radius 3 is 1.45 bits per heavy atom. The van der Waals surface area contributed by atoms with Gasteiger partial charge in [0.1, 0.15) is 0 Å². The van der Waals surface area contributed by atoms with Gasteiger partial charge in [-0.15, -0.1) is 0 Å². The standard InChI is InChI=1S/C44H22Br8N4/c45-28-21-26-22-29-30(23-13-5-1-6-14-23)31(24-15-7-2-8-16-24)42(55(29)27-19-11-4-12-20-27)32(25-17-9-3-10-18-25)40-33(46)34(47)41(54-40)38(51)44-36(49)35(48)43(56(44)52)37(50)39(28)53-26/h1-22H. The number of benzene rings is 4. The molecule has 0 N–H and O–H groups in total. The topological polar surface area (TPSA) is 35.6 Å². The molecule has 0 saturated heterocycles. The van der Waals surface area contributed by atoms with E-state index in [-0.39, 0.29) is 0 Å². The predicted octanol–water partition coefficient (Wildman–Crippen LogP) is 17.0. The van der Waals surface area contributed by atoms with Crippen molar-refractivity contribution in [2.24, 2.45) is 0 Å². The van der Waals surface area contributed by atoms with E-state index in [1.807, 2.05) is 9.66 Å². The molecule has 4 aromatic carbocycles. The summed E-state index contributed by atoms with van der Waals surface area (Å²) in [5.74, 6) is 0. The van der Waals surface area contributed by atoms with Gasteiger partial charge in [0.15, 0.2) is 0 Å². The Balaban J connectivity index is 1.69. The molecule has 0 radical (unpaired) electrons. The molecule has 8 bridgehead atoms. The second-order valence-electron chi connectivity index (χ2n) is 12.8. The molecule has 0 saturated carbocycles. The molecule has 3 aromatic heterocycles. The fraction of sp³-hybridized carbons (Fsp3) is 0. The average molecular weight is 1250 g/mol. The lowest BCUT2D eigenvalue weighted by atomic mass is 9.93. The number of fused-ring (bicyclic) bond motifs is 8. The van der Waals surface area contributed by atoms with E-state index in [0.717, 1.165) is 110 Å². The maximum Gasteiger partial charge on any atom is 0.0955 e. The van der Waals surface area contributed by atoms with Crippen LogP contribution in [0.1, 0.15) is 22.8 Å². The molecule has 12 heteroatoms. The average Bonchev–Trinajstić information content (AvgIpc) is 3.91. The number of hydrogen-bond acceptors (Lipinski definition) is 2. The van der Waals surface area contributed by atoms with Gasteiger partial charge in [-0.2, -0.15) is 0 Å². The molecule has 56 heavy (non-hydrogen) atoms. The van der Waals surface area contributed by atoms with Crippen molar-refractivity contribution in [3.05, 3.63) is 168 Å². The van der Waals surface area contributed by atoms with Crippen LogP contribution < -0.4 is 0 Å². The summed E-state index contributed by atoms with van der Waals surface area (Å²) in [7, 11) is 0. The molecule has 5 heterocycles. The Labute approximate surface area is 390 Å². The third-order valence-corrected chi connectivity index (χ3v) is 16.5. The molecular weight excluding hydrogens is 1220 g/mol. The van der Waals surface area contributed by atoms with Crippen LogP contribution in [0.5, 0.6) is 0 Å². The van der Waals surface area contributed by atoms with Crippen LogP contribution in [0.25, 0.3) is 80.7 Å². The largest absolute Gasteiger partial charge is 0.308 e. The van der Waals surface area contributed by atoms with Gasteiger partial charge >= 0.3 is 0 Å². The van der Waals surface area contributed by atoms with Gasteiger partial charge in [-0.25, -0.2) is 9.97 Å². The highest BCUT2D eigenvalue weighted by atomic mass is 79.9. The molecule has 7 aromatic rings. The zero-order valence-electron chi connectivity index (χ0n) is 28.5. The lowest BCUT2D eigenvalue weighted by Gasteiger charge is -2.14. The van der Waals surface area contributed by atoms with Crippen molar-refractivity contribution in [3.8, 4) is 39.1 Å². The highest BCUT2D eigenvalue weighted by Crippen LogP contribution is 2.52. The molecule has 2 aliphatic rings. The number of rotatable bonds is 4. The molecule has 0 unspecified atom stereocenters. The van der Waals surface area contributed by atoms with E-state index in [1.54, 1.807) is 0 Å². The fourth-order valence-electron chi connectivity index (χ4n) is 7.17. The number of nitrogens with zero attached hydrogens (tertiary/aromatic N) is 4. The van der Waals surface area contributed by atoms with E-state index in [4.69, 9.17) is 9.97 Å². The van der Waals surface area contributed by atoms with Gasteiger partial charge in [0.2, 0.25) is 0 Å². The second kappa shape index (κ2) is 15.8. The van der Waals surface area contributed by atoms with E-state index < -0.39 is 0 Å². The van der Waals surface area contributed by atoms with Crippen LogP contribution in [0.2, 0.25) is 0 Å². The van der Waals surface area contributed by atoms with Gasteiger partial charge < -0.3 is 4.57 Å². The lowest BCUT2D eigenvalue weighted by Crippen LogP contribution is -1.97. The van der Waals surface area contributed by atoms with E-state index in [2.05, 4.69) is 260 Å². The van der Waals surface area contributed by atoms with Crippen molar-refractivity contribution in [2.75, 3.05) is 0 Å². The predicted molar refractivity (Wildman–Crippen MR) is 263 cm³/mol. The minimum Gasteiger partial charge on any atom is -0.308 e. The lowest BCUT2D eigenvalue weighted by molar-refractivity contribution is 1.17. The Bertz CT molecular complexity index is 2970. The summed E-state index contributed by atoms with van der Waals surface area (Å²) in [4.78, 5) is 10.8. The molecule has 9 rings (SSSR count). The second-order valence-corrected chi connectivity index (χ2v) is 19.1. The summed E-state index contributed by atoms with van der Waals surface area (Å²) in [5, 5.41) is 0. The minimum atomic E-state index is 0.713. The van der Waals surface area contributed by atoms with Gasteiger partial charge in [0.25, 0.3) is 0 Å². The van der Waals surface area contributed by atoms with Crippen LogP contribution >= 0.6 is 128 Å². The summed E-state index contributed by atoms with van der Waals surface area (Å²) >= 11 is 31.5. The van der Waals surface area contributed by atoms with Crippen LogP contribution in [0.3, 0.4) is 0 Å². The Hall–Kier alpha value is -2.68. The van der Waals surface area contributed by atoms with Crippen LogP contribution in [0, 0.1) is 0 Å². The van der Waals surface area contributed by atoms with Crippen molar-refractivity contribution in [2.45, 2.75) is 0 Å². The molecule has 274 valence electrons. The summed E-state index contributed by atoms with van der Waals surface area (Å²) in [5.41, 5.74) is 13.8. The summed E-state index contributed by atoms with van der Waals surface area (Å²) in [6.45, 7) is 0. The van der Waals surface area contributed by atoms with Crippen molar-refractivity contribution < 1.29 is 0 Å². The highest BCUT2D eigenvalue weighted by molar-refractivity contribution is 9.18. The Morgan fingerprint density at radius 2 is 0.893 bits per heavy atom. The first-order chi connectivity index (χ1) is 27.2. The maximum absolute atomic E-state index is 5.53. The first kappa shape index (κ1) is 38.8. The molecule has 0 atom stereocenters. The number of halogens is 8. The van der Waals surface area contributed by atoms with E-state index in [0.29, 0.717) is 5.69 Å². The SMILES string of the molecule is BrC1=Cc2cc3c(-c4ccccc4)c(-c4ccccc4)c(c(-c4ccccc4)c4nc(c(Br)c5c(Br)c(Br)c(c(Br)c1n2)n5Br)C(Br)=C4Br)n3-c1ccccc1. The third-order valence-electron chi connectivity index (χ3n) is 9.57. The summed E-state index contributed by atoms with van der Waals surface area (Å²) in [6.07, 6.45) is 2.07. The van der Waals surface area contributed by atoms with Crippen LogP contribution in [-0.4, -0.2) is 18.1 Å². The molecular formula is C44H22Br8N4. The smallest absolute Gasteiger partial charge is 0.0955 e. The van der Waals surface area contributed by atoms with E-state index >= 15 is 0 Å². The normalized spacial score (nSPS) is 12.7. The van der Waals surface area contributed by atoms with Crippen molar-refractivity contribution in [3.63, 3.8) is 0 Å². The van der Waals surface area contributed by atoms with Crippen molar-refractivity contribution in [1.82, 2.24) is 18.1 Å². The third kappa shape index (κ3) is 6.51. The van der Waals surface area contributed by atoms with Crippen molar-refractivity contribution in [1.29, 1.82) is 0 Å². The van der Waals surface area contributed by atoms with Crippen LogP contribution in [0.15, 0.2) is 145 Å². The molecule has 0 fully saturated rings. The summed E-state index contributed by atoms with van der Waals surface area (Å²) < 4.78 is 9.96. The van der Waals surface area contributed by atoms with Gasteiger partial charge in [-0.1, -0.05) is 109 Å². The monoisotopic (exact) mass is 1240 g/mol. The fourth-order valence-corrected chi connectivity index (χ4v) is 13.8. The molecule has 2 aliphatic heterocycles. The van der Waals surface area contributed by atoms with Gasteiger partial charge in [0.05, 0.1) is 87.8 Å². The molecule has 0 amide bonds. The van der Waals surface area contributed by atoms with E-state index in [1.165, 1.54) is 0 Å². The van der Waals surface area contributed by atoms with Crippen molar-refractivity contribution >= 4 is 169 Å². The zero-order chi connectivity index (χ0) is 38.8. The van der Waals surface area contributed by atoms with Crippen LogP contribution in [0.4, 0.5) is 0 Å².